The lowest BCUT2D eigenvalue weighted by atomic mass is 9.72. The summed E-state index contributed by atoms with van der Waals surface area (Å²) in [4.78, 5) is 20.3. The summed E-state index contributed by atoms with van der Waals surface area (Å²) in [5, 5.41) is 10.5. The van der Waals surface area contributed by atoms with E-state index in [-0.39, 0.29) is 11.3 Å². The highest BCUT2D eigenvalue weighted by atomic mass is 32.1. The number of amides is 1. The van der Waals surface area contributed by atoms with Crippen molar-refractivity contribution in [2.45, 2.75) is 40.0 Å². The number of carbonyl (C=O) groups is 1. The molecule has 2 aliphatic rings. The average molecular weight is 378 g/mol. The van der Waals surface area contributed by atoms with Crippen LogP contribution in [-0.4, -0.2) is 18.7 Å². The lowest BCUT2D eigenvalue weighted by Gasteiger charge is -2.33. The molecule has 0 fully saturated rings. The number of hydrogen-bond donors (Lipinski definition) is 0. The van der Waals surface area contributed by atoms with Crippen LogP contribution in [0, 0.1) is 22.7 Å². The van der Waals surface area contributed by atoms with Gasteiger partial charge in [0, 0.05) is 17.5 Å². The van der Waals surface area contributed by atoms with Crippen LogP contribution in [-0.2, 0) is 17.6 Å². The number of nitriles is 1. The van der Waals surface area contributed by atoms with Crippen molar-refractivity contribution >= 4 is 33.6 Å². The third-order valence-electron chi connectivity index (χ3n) is 5.82. The lowest BCUT2D eigenvalue weighted by Crippen LogP contribution is -2.26. The van der Waals surface area contributed by atoms with E-state index in [0.29, 0.717) is 22.2 Å². The smallest absolute Gasteiger partial charge is 0.277 e. The summed E-state index contributed by atoms with van der Waals surface area (Å²) < 4.78 is 0. The van der Waals surface area contributed by atoms with Gasteiger partial charge in [0.2, 0.25) is 0 Å². The predicted octanol–water partition coefficient (Wildman–Crippen LogP) is 4.87. The third kappa shape index (κ3) is 2.89. The minimum absolute atomic E-state index is 0.112. The van der Waals surface area contributed by atoms with Crippen LogP contribution in [0.3, 0.4) is 0 Å². The minimum Gasteiger partial charge on any atom is -0.309 e. The highest BCUT2D eigenvalue weighted by Gasteiger charge is 2.34. The van der Waals surface area contributed by atoms with Crippen molar-refractivity contribution in [3.63, 3.8) is 0 Å². The van der Waals surface area contributed by atoms with E-state index in [0.717, 1.165) is 36.1 Å². The summed E-state index contributed by atoms with van der Waals surface area (Å²) in [7, 11) is 1.77. The zero-order valence-electron chi connectivity index (χ0n) is 16.2. The maximum Gasteiger partial charge on any atom is 0.277 e. The van der Waals surface area contributed by atoms with Crippen molar-refractivity contribution in [3.05, 3.63) is 45.8 Å². The van der Waals surface area contributed by atoms with Crippen LogP contribution < -0.4 is 4.90 Å². The van der Waals surface area contributed by atoms with Gasteiger partial charge in [-0.25, -0.2) is 4.99 Å². The van der Waals surface area contributed by atoms with Crippen LogP contribution in [0.15, 0.2) is 29.3 Å². The summed E-state index contributed by atoms with van der Waals surface area (Å²) in [6.07, 6.45) is 3.02. The predicted molar refractivity (Wildman–Crippen MR) is 110 cm³/mol. The standard InChI is InChI=1S/C22H23N3OS/c1-22(2,3)13-9-10-14-16(12-23)20(27-18(14)11-13)24-19-15-7-5-6-8-17(15)25(4)21(19)26/h5-8,13H,9-11H2,1-4H3/t13-/m0/s1. The highest BCUT2D eigenvalue weighted by molar-refractivity contribution is 7.16. The Morgan fingerprint density at radius 3 is 2.74 bits per heavy atom. The van der Waals surface area contributed by atoms with E-state index in [1.165, 1.54) is 4.88 Å². The highest BCUT2D eigenvalue weighted by Crippen LogP contribution is 2.45. The molecule has 0 N–H and O–H groups in total. The number of benzene rings is 1. The first-order valence-corrected chi connectivity index (χ1v) is 10.1. The second-order valence-electron chi connectivity index (χ2n) is 8.44. The van der Waals surface area contributed by atoms with Gasteiger partial charge < -0.3 is 4.90 Å². The minimum atomic E-state index is -0.112. The maximum absolute atomic E-state index is 12.7. The molecule has 0 spiro atoms. The van der Waals surface area contributed by atoms with Gasteiger partial charge in [-0.2, -0.15) is 5.26 Å². The molecular formula is C22H23N3OS. The second-order valence-corrected chi connectivity index (χ2v) is 9.53. The Bertz CT molecular complexity index is 1000. The second kappa shape index (κ2) is 6.31. The molecule has 0 saturated heterocycles. The van der Waals surface area contributed by atoms with Crippen molar-refractivity contribution in [2.24, 2.45) is 16.3 Å². The van der Waals surface area contributed by atoms with Crippen LogP contribution in [0.1, 0.15) is 48.8 Å². The SMILES string of the molecule is CN1C(=O)C(=Nc2sc3c(c2C#N)CC[C@H](C(C)(C)C)C3)c2ccccc21. The number of anilines is 1. The number of hydrogen-bond acceptors (Lipinski definition) is 4. The molecule has 5 heteroatoms. The summed E-state index contributed by atoms with van der Waals surface area (Å²) in [5.74, 6) is 0.495. The molecule has 4 rings (SSSR count). The number of fused-ring (bicyclic) bond motifs is 2. The van der Waals surface area contributed by atoms with Gasteiger partial charge in [0.1, 0.15) is 16.8 Å². The molecule has 2 aromatic rings. The fraction of sp³-hybridized carbons (Fsp3) is 0.409. The largest absolute Gasteiger partial charge is 0.309 e. The Morgan fingerprint density at radius 2 is 2.04 bits per heavy atom. The molecule has 1 aromatic heterocycles. The number of nitrogens with zero attached hydrogens (tertiary/aromatic N) is 3. The number of likely N-dealkylation sites (N-methyl/N-ethyl adjacent to an activating group) is 1. The van der Waals surface area contributed by atoms with E-state index in [9.17, 15) is 10.1 Å². The summed E-state index contributed by atoms with van der Waals surface area (Å²) in [5.41, 5.74) is 4.21. The Kier molecular flexibility index (Phi) is 4.20. The molecule has 0 saturated carbocycles. The van der Waals surface area contributed by atoms with Gasteiger partial charge in [-0.15, -0.1) is 11.3 Å². The Hall–Kier alpha value is -2.45. The Balaban J connectivity index is 1.79. The lowest BCUT2D eigenvalue weighted by molar-refractivity contribution is -0.111. The van der Waals surface area contributed by atoms with Gasteiger partial charge in [-0.05, 0) is 42.2 Å². The quantitative estimate of drug-likeness (QED) is 0.712. The molecule has 138 valence electrons. The van der Waals surface area contributed by atoms with Crippen molar-refractivity contribution in [2.75, 3.05) is 11.9 Å². The van der Waals surface area contributed by atoms with E-state index in [2.05, 4.69) is 26.8 Å². The molecule has 1 amide bonds. The first-order chi connectivity index (χ1) is 12.8. The van der Waals surface area contributed by atoms with Gasteiger partial charge in [-0.1, -0.05) is 39.0 Å². The number of thiophene rings is 1. The summed E-state index contributed by atoms with van der Waals surface area (Å²) in [6, 6.07) is 10.0. The first kappa shape index (κ1) is 17.9. The van der Waals surface area contributed by atoms with Crippen LogP contribution in [0.2, 0.25) is 0 Å². The third-order valence-corrected chi connectivity index (χ3v) is 6.97. The molecule has 1 aromatic carbocycles. The van der Waals surface area contributed by atoms with E-state index >= 15 is 0 Å². The Labute approximate surface area is 164 Å². The molecule has 0 radical (unpaired) electrons. The van der Waals surface area contributed by atoms with Crippen molar-refractivity contribution in [1.29, 1.82) is 5.26 Å². The number of rotatable bonds is 1. The summed E-state index contributed by atoms with van der Waals surface area (Å²) in [6.45, 7) is 6.85. The number of aliphatic imine (C=N–C) groups is 1. The Morgan fingerprint density at radius 1 is 1.30 bits per heavy atom. The fourth-order valence-electron chi connectivity index (χ4n) is 4.06. The van der Waals surface area contributed by atoms with Crippen LogP contribution >= 0.6 is 11.3 Å². The van der Waals surface area contributed by atoms with E-state index in [1.54, 1.807) is 23.3 Å². The molecule has 1 atom stereocenters. The molecule has 1 aliphatic carbocycles. The fourth-order valence-corrected chi connectivity index (χ4v) is 5.32. The van der Waals surface area contributed by atoms with Gasteiger partial charge >= 0.3 is 0 Å². The van der Waals surface area contributed by atoms with Crippen LogP contribution in [0.4, 0.5) is 10.7 Å². The van der Waals surface area contributed by atoms with Crippen LogP contribution in [0.5, 0.6) is 0 Å². The molecular weight excluding hydrogens is 354 g/mol. The molecule has 4 nitrogen and oxygen atoms in total. The summed E-state index contributed by atoms with van der Waals surface area (Å²) >= 11 is 1.59. The first-order valence-electron chi connectivity index (χ1n) is 9.32. The molecule has 27 heavy (non-hydrogen) atoms. The topological polar surface area (TPSA) is 56.5 Å². The number of para-hydroxylation sites is 1. The van der Waals surface area contributed by atoms with E-state index in [4.69, 9.17) is 4.99 Å². The van der Waals surface area contributed by atoms with E-state index < -0.39 is 0 Å². The van der Waals surface area contributed by atoms with Gasteiger partial charge in [0.15, 0.2) is 0 Å². The zero-order chi connectivity index (χ0) is 19.3. The van der Waals surface area contributed by atoms with Crippen molar-refractivity contribution < 1.29 is 4.79 Å². The normalized spacial score (nSPS) is 20.6. The van der Waals surface area contributed by atoms with Gasteiger partial charge in [0.05, 0.1) is 11.3 Å². The van der Waals surface area contributed by atoms with Crippen LogP contribution in [0.25, 0.3) is 0 Å². The van der Waals surface area contributed by atoms with Crippen molar-refractivity contribution in [1.82, 2.24) is 0 Å². The molecule has 0 unspecified atom stereocenters. The maximum atomic E-state index is 12.7. The van der Waals surface area contributed by atoms with Gasteiger partial charge in [0.25, 0.3) is 5.91 Å². The average Bonchev–Trinajstić information content (AvgIpc) is 3.11. The zero-order valence-corrected chi connectivity index (χ0v) is 17.0. The monoisotopic (exact) mass is 377 g/mol. The van der Waals surface area contributed by atoms with Gasteiger partial charge in [-0.3, -0.25) is 4.79 Å². The molecule has 0 bridgehead atoms. The number of carbonyl (C=O) groups excluding carboxylic acids is 1. The van der Waals surface area contributed by atoms with Crippen molar-refractivity contribution in [3.8, 4) is 6.07 Å². The van der Waals surface area contributed by atoms with E-state index in [1.807, 2.05) is 24.3 Å². The molecule has 1 aliphatic heterocycles. The molecule has 2 heterocycles.